The highest BCUT2D eigenvalue weighted by molar-refractivity contribution is 14.1. The summed E-state index contributed by atoms with van der Waals surface area (Å²) >= 11 is 11.8. The minimum Gasteiger partial charge on any atom is -0.748 e. The van der Waals surface area contributed by atoms with Crippen molar-refractivity contribution in [1.29, 1.82) is 0 Å². The lowest BCUT2D eigenvalue weighted by molar-refractivity contribution is -0.437. The Morgan fingerprint density at radius 2 is 1.66 bits per heavy atom. The zero-order chi connectivity index (χ0) is 32.0. The largest absolute Gasteiger partial charge is 0.748 e. The Morgan fingerprint density at radius 1 is 0.977 bits per heavy atom. The molecule has 2 aromatic carbocycles. The van der Waals surface area contributed by atoms with E-state index in [4.69, 9.17) is 11.6 Å². The number of benzene rings is 2. The first-order valence-corrected chi connectivity index (χ1v) is 19.2. The van der Waals surface area contributed by atoms with E-state index in [1.165, 1.54) is 20.5 Å². The van der Waals surface area contributed by atoms with E-state index in [0.717, 1.165) is 68.9 Å². The van der Waals surface area contributed by atoms with Gasteiger partial charge in [-0.1, -0.05) is 44.5 Å². The number of fused-ring (bicyclic) bond motifs is 2. The first-order chi connectivity index (χ1) is 20.6. The van der Waals surface area contributed by atoms with Crippen LogP contribution in [-0.2, 0) is 20.9 Å². The standard InChI is InChI=1S/C35H39ClI2N2O3S/c1-6-18-39-29-14-12-25(37)21-27(29)34(2,3)31(39)16-10-23-8-7-9-24(33(23)36)11-17-32-35(4,5)28-22-26(38)13-15-30(28)40(32)19-20-44(41,42)43/h10-17,21-22H,6-9,18-20H2,1-5H3. The average Bonchev–Trinajstić information content (AvgIpc) is 3.28. The van der Waals surface area contributed by atoms with Gasteiger partial charge in [-0.2, -0.15) is 4.58 Å². The van der Waals surface area contributed by atoms with Crippen LogP contribution in [0, 0.1) is 7.14 Å². The molecule has 5 nitrogen and oxygen atoms in total. The Balaban J connectivity index is 1.51. The third kappa shape index (κ3) is 6.66. The Morgan fingerprint density at radius 3 is 2.34 bits per heavy atom. The minimum absolute atomic E-state index is 0.111. The lowest BCUT2D eigenvalue weighted by Gasteiger charge is -2.27. The van der Waals surface area contributed by atoms with Crippen molar-refractivity contribution < 1.29 is 17.5 Å². The highest BCUT2D eigenvalue weighted by Gasteiger charge is 2.44. The van der Waals surface area contributed by atoms with Crippen molar-refractivity contribution in [3.63, 3.8) is 0 Å². The van der Waals surface area contributed by atoms with Crippen LogP contribution in [0.2, 0.25) is 0 Å². The molecule has 0 bridgehead atoms. The number of hydrogen-bond acceptors (Lipinski definition) is 4. The molecule has 0 atom stereocenters. The van der Waals surface area contributed by atoms with E-state index in [9.17, 15) is 13.0 Å². The first-order valence-electron chi connectivity index (χ1n) is 15.1. The van der Waals surface area contributed by atoms with Gasteiger partial charge in [0.2, 0.25) is 5.69 Å². The predicted molar refractivity (Wildman–Crippen MR) is 198 cm³/mol. The lowest BCUT2D eigenvalue weighted by Crippen LogP contribution is -2.30. The molecule has 0 amide bonds. The second-order valence-electron chi connectivity index (χ2n) is 12.8. The Bertz CT molecular complexity index is 1770. The van der Waals surface area contributed by atoms with E-state index in [1.807, 2.05) is 17.0 Å². The molecule has 3 aliphatic rings. The zero-order valence-electron chi connectivity index (χ0n) is 25.9. The van der Waals surface area contributed by atoms with E-state index in [1.54, 1.807) is 0 Å². The van der Waals surface area contributed by atoms with Crippen molar-refractivity contribution in [3.05, 3.63) is 101 Å². The summed E-state index contributed by atoms with van der Waals surface area (Å²) < 4.78 is 39.6. The second kappa shape index (κ2) is 13.0. The van der Waals surface area contributed by atoms with Crippen LogP contribution in [0.3, 0.4) is 0 Å². The number of halogens is 3. The monoisotopic (exact) mass is 856 g/mol. The van der Waals surface area contributed by atoms with Crippen LogP contribution in [0.1, 0.15) is 71.4 Å². The Labute approximate surface area is 294 Å². The van der Waals surface area contributed by atoms with Gasteiger partial charge in [0.15, 0.2) is 5.71 Å². The molecule has 0 N–H and O–H groups in total. The molecule has 5 rings (SSSR count). The van der Waals surface area contributed by atoms with Gasteiger partial charge in [0.1, 0.15) is 6.54 Å². The minimum atomic E-state index is -4.36. The summed E-state index contributed by atoms with van der Waals surface area (Å²) in [4.78, 5) is 1.99. The van der Waals surface area contributed by atoms with Gasteiger partial charge >= 0.3 is 0 Å². The van der Waals surface area contributed by atoms with Gasteiger partial charge < -0.3 is 9.45 Å². The van der Waals surface area contributed by atoms with Gasteiger partial charge in [0.25, 0.3) is 0 Å². The molecule has 2 aromatic rings. The average molecular weight is 857 g/mol. The summed E-state index contributed by atoms with van der Waals surface area (Å²) in [5, 5.41) is 0.784. The molecule has 1 aliphatic carbocycles. The second-order valence-corrected chi connectivity index (χ2v) is 17.2. The maximum Gasteiger partial charge on any atom is 0.209 e. The molecule has 0 radical (unpaired) electrons. The molecule has 0 saturated carbocycles. The number of nitrogens with zero attached hydrogens (tertiary/aromatic N) is 2. The maximum absolute atomic E-state index is 11.6. The fourth-order valence-corrected chi connectivity index (χ4v) is 8.47. The number of allylic oxidation sites excluding steroid dienone is 8. The first kappa shape index (κ1) is 33.9. The van der Waals surface area contributed by atoms with Gasteiger partial charge in [-0.05, 0) is 131 Å². The molecule has 2 heterocycles. The van der Waals surface area contributed by atoms with Crippen molar-refractivity contribution >= 4 is 84.0 Å². The molecule has 0 fully saturated rings. The molecular formula is C35H39ClI2N2O3S. The normalized spacial score (nSPS) is 21.2. The molecule has 9 heteroatoms. The summed E-state index contributed by atoms with van der Waals surface area (Å²) in [6.45, 7) is 12.2. The highest BCUT2D eigenvalue weighted by Crippen LogP contribution is 2.48. The molecule has 0 aromatic heterocycles. The Kier molecular flexibility index (Phi) is 9.99. The summed E-state index contributed by atoms with van der Waals surface area (Å²) in [5.41, 5.74) is 8.68. The number of rotatable bonds is 8. The van der Waals surface area contributed by atoms with Gasteiger partial charge in [-0.25, -0.2) is 8.42 Å². The van der Waals surface area contributed by atoms with Crippen LogP contribution in [0.15, 0.2) is 82.6 Å². The summed E-state index contributed by atoms with van der Waals surface area (Å²) in [7, 11) is -4.36. The quantitative estimate of drug-likeness (QED) is 0.151. The fraction of sp³-hybridized carbons (Fsp3) is 0.400. The van der Waals surface area contributed by atoms with Crippen LogP contribution in [0.5, 0.6) is 0 Å². The maximum atomic E-state index is 11.6. The van der Waals surface area contributed by atoms with Gasteiger partial charge in [-0.15, -0.1) is 0 Å². The molecule has 0 spiro atoms. The van der Waals surface area contributed by atoms with Crippen LogP contribution in [0.25, 0.3) is 0 Å². The van der Waals surface area contributed by atoms with Crippen molar-refractivity contribution in [2.75, 3.05) is 23.7 Å². The van der Waals surface area contributed by atoms with E-state index in [0.29, 0.717) is 0 Å². The van der Waals surface area contributed by atoms with Crippen molar-refractivity contribution in [2.45, 2.75) is 71.1 Å². The number of anilines is 1. The fourth-order valence-electron chi connectivity index (χ4n) is 6.77. The third-order valence-corrected chi connectivity index (χ3v) is 11.6. The number of hydrogen-bond donors (Lipinski definition) is 0. The molecule has 44 heavy (non-hydrogen) atoms. The van der Waals surface area contributed by atoms with Gasteiger partial charge in [-0.3, -0.25) is 0 Å². The topological polar surface area (TPSA) is 63.5 Å². The lowest BCUT2D eigenvalue weighted by atomic mass is 9.81. The third-order valence-electron chi connectivity index (χ3n) is 9.06. The smallest absolute Gasteiger partial charge is 0.209 e. The van der Waals surface area contributed by atoms with Crippen LogP contribution < -0.4 is 4.90 Å². The van der Waals surface area contributed by atoms with Crippen LogP contribution >= 0.6 is 56.8 Å². The van der Waals surface area contributed by atoms with Crippen molar-refractivity contribution in [2.24, 2.45) is 0 Å². The SMILES string of the molecule is CCC[N+]1=C(/C=C/C2=C(Cl)C(=C/C=C3/N(CCS(=O)(=O)[O-])c4ccc(I)cc4C3(C)C)/CCC2)C(C)(C)c2cc(I)ccc21. The van der Waals surface area contributed by atoms with E-state index in [2.05, 4.69) is 133 Å². The van der Waals surface area contributed by atoms with Crippen molar-refractivity contribution in [3.8, 4) is 0 Å². The van der Waals surface area contributed by atoms with E-state index < -0.39 is 15.9 Å². The molecule has 2 aliphatic heterocycles. The highest BCUT2D eigenvalue weighted by atomic mass is 127. The molecule has 234 valence electrons. The summed E-state index contributed by atoms with van der Waals surface area (Å²) in [5.74, 6) is -0.453. The van der Waals surface area contributed by atoms with Gasteiger partial charge in [0, 0.05) is 59.6 Å². The molecule has 0 unspecified atom stereocenters. The zero-order valence-corrected chi connectivity index (χ0v) is 31.8. The summed E-state index contributed by atoms with van der Waals surface area (Å²) in [6.07, 6.45) is 12.5. The summed E-state index contributed by atoms with van der Waals surface area (Å²) in [6, 6.07) is 12.9. The molecular weight excluding hydrogens is 818 g/mol. The Hall–Kier alpha value is -1.47. The van der Waals surface area contributed by atoms with Crippen molar-refractivity contribution in [1.82, 2.24) is 0 Å². The molecule has 0 saturated heterocycles. The van der Waals surface area contributed by atoms with E-state index in [-0.39, 0.29) is 17.4 Å². The van der Waals surface area contributed by atoms with E-state index >= 15 is 0 Å². The predicted octanol–water partition coefficient (Wildman–Crippen LogP) is 9.07. The van der Waals surface area contributed by atoms with Crippen LogP contribution in [0.4, 0.5) is 11.4 Å². The van der Waals surface area contributed by atoms with Crippen LogP contribution in [-0.4, -0.2) is 42.1 Å². The van der Waals surface area contributed by atoms with Gasteiger partial charge in [0.05, 0.1) is 21.3 Å².